The second-order valence-electron chi connectivity index (χ2n) is 3.04. The first-order chi connectivity index (χ1) is 10.3. The van der Waals surface area contributed by atoms with Crippen LogP contribution < -0.4 is 0 Å². The van der Waals surface area contributed by atoms with Crippen LogP contribution in [-0.4, -0.2) is 89.6 Å². The van der Waals surface area contributed by atoms with Gasteiger partial charge in [-0.2, -0.15) is 0 Å². The standard InChI is InChI=1S/C7H8.4BH3O3/c1-7-5-3-2-4-6-7;4*2-1(3)4/h2-6H,1H3;4*2-4H. The van der Waals surface area contributed by atoms with Crippen molar-refractivity contribution in [2.24, 2.45) is 0 Å². The highest BCUT2D eigenvalue weighted by Crippen LogP contribution is 1.92. The third kappa shape index (κ3) is 155. The maximum Gasteiger partial charge on any atom is 0.631 e. The average molecular weight is 339 g/mol. The smallest absolute Gasteiger partial charge is 0.402 e. The predicted molar refractivity (Wildman–Crippen MR) is 80.8 cm³/mol. The summed E-state index contributed by atoms with van der Waals surface area (Å²) in [5.74, 6) is 0. The number of hydrogen-bond donors (Lipinski definition) is 12. The van der Waals surface area contributed by atoms with E-state index in [1.807, 2.05) is 18.2 Å². The molecule has 0 radical (unpaired) electrons. The molecule has 0 saturated carbocycles. The van der Waals surface area contributed by atoms with Crippen molar-refractivity contribution in [3.8, 4) is 0 Å². The Morgan fingerprint density at radius 3 is 0.739 bits per heavy atom. The van der Waals surface area contributed by atoms with Gasteiger partial charge in [0.2, 0.25) is 0 Å². The quantitative estimate of drug-likeness (QED) is 0.197. The van der Waals surface area contributed by atoms with E-state index in [9.17, 15) is 0 Å². The van der Waals surface area contributed by atoms with Gasteiger partial charge in [0.05, 0.1) is 0 Å². The molecule has 1 rings (SSSR count). The van der Waals surface area contributed by atoms with Crippen molar-refractivity contribution in [3.05, 3.63) is 35.9 Å². The lowest BCUT2D eigenvalue weighted by Crippen LogP contribution is -2.07. The van der Waals surface area contributed by atoms with Gasteiger partial charge in [-0.1, -0.05) is 35.9 Å². The van der Waals surface area contributed by atoms with Crippen molar-refractivity contribution in [1.82, 2.24) is 0 Å². The lowest BCUT2D eigenvalue weighted by Gasteiger charge is -1.82. The fourth-order valence-corrected chi connectivity index (χ4v) is 0.534. The molecule has 0 aromatic heterocycles. The van der Waals surface area contributed by atoms with E-state index in [0.717, 1.165) is 0 Å². The first-order valence-electron chi connectivity index (χ1n) is 5.51. The van der Waals surface area contributed by atoms with Crippen molar-refractivity contribution in [2.75, 3.05) is 0 Å². The van der Waals surface area contributed by atoms with E-state index in [-0.39, 0.29) is 0 Å². The van der Waals surface area contributed by atoms with E-state index in [0.29, 0.717) is 0 Å². The lowest BCUT2D eigenvalue weighted by molar-refractivity contribution is 0.276. The highest BCUT2D eigenvalue weighted by molar-refractivity contribution is 6.31. The third-order valence-corrected chi connectivity index (χ3v) is 0.940. The Labute approximate surface area is 133 Å². The Kier molecular flexibility index (Phi) is 30.3. The second-order valence-corrected chi connectivity index (χ2v) is 3.04. The molecule has 0 bridgehead atoms. The number of benzene rings is 1. The summed E-state index contributed by atoms with van der Waals surface area (Å²) in [6.45, 7) is 2.08. The molecule has 0 amide bonds. The van der Waals surface area contributed by atoms with Crippen LogP contribution in [0.15, 0.2) is 30.3 Å². The maximum absolute atomic E-state index is 7.17. The van der Waals surface area contributed by atoms with Gasteiger partial charge in [-0.25, -0.2) is 0 Å². The van der Waals surface area contributed by atoms with Crippen molar-refractivity contribution in [2.45, 2.75) is 6.92 Å². The zero-order chi connectivity index (χ0) is 19.4. The third-order valence-electron chi connectivity index (χ3n) is 0.940. The van der Waals surface area contributed by atoms with E-state index in [4.69, 9.17) is 60.3 Å². The topological polar surface area (TPSA) is 243 Å². The van der Waals surface area contributed by atoms with E-state index in [1.165, 1.54) is 5.56 Å². The van der Waals surface area contributed by atoms with Crippen LogP contribution in [-0.2, 0) is 0 Å². The lowest BCUT2D eigenvalue weighted by atomic mass is 10.2. The van der Waals surface area contributed by atoms with E-state index in [2.05, 4.69) is 19.1 Å². The number of aryl methyl sites for hydroxylation is 1. The predicted octanol–water partition coefficient (Wildman–Crippen LogP) is -6.21. The Hall–Kier alpha value is -1.00. The van der Waals surface area contributed by atoms with Crippen molar-refractivity contribution < 1.29 is 60.3 Å². The minimum absolute atomic E-state index is 1.32. The largest absolute Gasteiger partial charge is 0.631 e. The van der Waals surface area contributed by atoms with Crippen molar-refractivity contribution in [1.29, 1.82) is 0 Å². The summed E-state index contributed by atoms with van der Waals surface area (Å²) < 4.78 is 0. The molecule has 0 heterocycles. The Balaban J connectivity index is -0.000000102. The van der Waals surface area contributed by atoms with Crippen molar-refractivity contribution >= 4 is 29.3 Å². The Morgan fingerprint density at radius 2 is 0.652 bits per heavy atom. The monoisotopic (exact) mass is 340 g/mol. The molecule has 132 valence electrons. The summed E-state index contributed by atoms with van der Waals surface area (Å²) in [6.07, 6.45) is 0. The number of rotatable bonds is 0. The second kappa shape index (κ2) is 23.3. The summed E-state index contributed by atoms with van der Waals surface area (Å²) in [5.41, 5.74) is 1.32. The molecular weight excluding hydrogens is 319 g/mol. The van der Waals surface area contributed by atoms with E-state index < -0.39 is 29.3 Å². The molecule has 0 aliphatic carbocycles. The molecule has 12 nitrogen and oxygen atoms in total. The highest BCUT2D eigenvalue weighted by atomic mass is 16.5. The van der Waals surface area contributed by atoms with Gasteiger partial charge >= 0.3 is 29.3 Å². The van der Waals surface area contributed by atoms with Crippen LogP contribution in [0.3, 0.4) is 0 Å². The molecular formula is C7H20B4O12. The first-order valence-corrected chi connectivity index (χ1v) is 5.51. The minimum Gasteiger partial charge on any atom is -0.402 e. The van der Waals surface area contributed by atoms with Crippen LogP contribution >= 0.6 is 0 Å². The average Bonchev–Trinajstić information content (AvgIpc) is 2.26. The fraction of sp³-hybridized carbons (Fsp3) is 0.143. The number of hydrogen-bond acceptors (Lipinski definition) is 12. The zero-order valence-electron chi connectivity index (χ0n) is 12.1. The van der Waals surface area contributed by atoms with E-state index >= 15 is 0 Å². The summed E-state index contributed by atoms with van der Waals surface area (Å²) in [5, 5.41) is 86.0. The van der Waals surface area contributed by atoms with Gasteiger partial charge in [0.15, 0.2) is 0 Å². The van der Waals surface area contributed by atoms with Crippen LogP contribution in [0.4, 0.5) is 0 Å². The molecule has 0 unspecified atom stereocenters. The van der Waals surface area contributed by atoms with Crippen LogP contribution in [0.1, 0.15) is 5.56 Å². The first kappa shape index (κ1) is 29.9. The molecule has 0 fully saturated rings. The van der Waals surface area contributed by atoms with Crippen LogP contribution in [0.2, 0.25) is 0 Å². The molecule has 23 heavy (non-hydrogen) atoms. The molecule has 0 saturated heterocycles. The SMILES string of the molecule is Cc1ccccc1.OB(O)O.OB(O)O.OB(O)O.OB(O)O. The van der Waals surface area contributed by atoms with E-state index in [1.54, 1.807) is 0 Å². The van der Waals surface area contributed by atoms with Crippen LogP contribution in [0.5, 0.6) is 0 Å². The highest BCUT2D eigenvalue weighted by Gasteiger charge is 1.93. The Bertz CT molecular complexity index is 266. The van der Waals surface area contributed by atoms with Gasteiger partial charge in [-0.3, -0.25) is 0 Å². The summed E-state index contributed by atoms with van der Waals surface area (Å²) in [6, 6.07) is 10.3. The Morgan fingerprint density at radius 1 is 0.478 bits per heavy atom. The molecule has 16 heteroatoms. The molecule has 0 atom stereocenters. The van der Waals surface area contributed by atoms with Gasteiger partial charge in [0.1, 0.15) is 0 Å². The van der Waals surface area contributed by atoms with Gasteiger partial charge in [0.25, 0.3) is 0 Å². The molecule has 12 N–H and O–H groups in total. The summed E-state index contributed by atoms with van der Waals surface area (Å²) in [4.78, 5) is 0. The van der Waals surface area contributed by atoms with Crippen molar-refractivity contribution in [3.63, 3.8) is 0 Å². The summed E-state index contributed by atoms with van der Waals surface area (Å²) >= 11 is 0. The van der Waals surface area contributed by atoms with Gasteiger partial charge in [-0.05, 0) is 6.92 Å². The van der Waals surface area contributed by atoms with Gasteiger partial charge in [-0.15, -0.1) is 0 Å². The molecule has 0 aliphatic rings. The fourth-order valence-electron chi connectivity index (χ4n) is 0.534. The molecule has 0 aliphatic heterocycles. The zero-order valence-corrected chi connectivity index (χ0v) is 12.1. The van der Waals surface area contributed by atoms with Gasteiger partial charge in [0, 0.05) is 0 Å². The van der Waals surface area contributed by atoms with Gasteiger partial charge < -0.3 is 60.3 Å². The maximum atomic E-state index is 7.17. The normalized spacial score (nSPS) is 7.35. The molecule has 0 spiro atoms. The molecule has 1 aromatic rings. The van der Waals surface area contributed by atoms with Crippen LogP contribution in [0, 0.1) is 6.92 Å². The minimum atomic E-state index is -2.17. The molecule has 1 aromatic carbocycles. The van der Waals surface area contributed by atoms with Crippen LogP contribution in [0.25, 0.3) is 0 Å². The summed E-state index contributed by atoms with van der Waals surface area (Å²) in [7, 11) is -8.67.